The number of amides is 2. The zero-order valence-electron chi connectivity index (χ0n) is 17.7. The standard InChI is InChI=1S/C24H28BrClN2O3/c1-17(24(30)27-20-10-3-2-4-11-20)28(15-18-8-7-9-19(25)14-18)23(29)16-31-22-13-6-5-12-21(22)26/h5-9,12-14,17,20H,2-4,10-11,15-16H2,1H3,(H,27,30)/t17-/m1/s1. The van der Waals surface area contributed by atoms with E-state index in [4.69, 9.17) is 16.3 Å². The van der Waals surface area contributed by atoms with E-state index in [0.29, 0.717) is 17.3 Å². The second-order valence-electron chi connectivity index (χ2n) is 7.89. The lowest BCUT2D eigenvalue weighted by Crippen LogP contribution is -2.51. The van der Waals surface area contributed by atoms with E-state index in [9.17, 15) is 9.59 Å². The van der Waals surface area contributed by atoms with E-state index in [1.807, 2.05) is 24.3 Å². The van der Waals surface area contributed by atoms with Gasteiger partial charge < -0.3 is 15.0 Å². The van der Waals surface area contributed by atoms with E-state index in [1.54, 1.807) is 36.1 Å². The van der Waals surface area contributed by atoms with E-state index in [-0.39, 0.29) is 24.5 Å². The molecule has 1 aliphatic rings. The molecule has 2 aromatic carbocycles. The van der Waals surface area contributed by atoms with E-state index in [2.05, 4.69) is 21.2 Å². The van der Waals surface area contributed by atoms with Gasteiger partial charge in [0.1, 0.15) is 11.8 Å². The van der Waals surface area contributed by atoms with Crippen molar-refractivity contribution in [3.05, 3.63) is 63.6 Å². The predicted molar refractivity (Wildman–Crippen MR) is 126 cm³/mol. The van der Waals surface area contributed by atoms with Gasteiger partial charge in [-0.1, -0.05) is 71.1 Å². The van der Waals surface area contributed by atoms with Gasteiger partial charge in [0.25, 0.3) is 5.91 Å². The Bertz CT molecular complexity index is 902. The smallest absolute Gasteiger partial charge is 0.261 e. The molecule has 1 fully saturated rings. The average Bonchev–Trinajstić information content (AvgIpc) is 2.77. The summed E-state index contributed by atoms with van der Waals surface area (Å²) in [7, 11) is 0. The first-order valence-electron chi connectivity index (χ1n) is 10.7. The van der Waals surface area contributed by atoms with Crippen LogP contribution in [0.4, 0.5) is 0 Å². The molecule has 1 atom stereocenters. The number of carbonyl (C=O) groups excluding carboxylic acids is 2. The van der Waals surface area contributed by atoms with Gasteiger partial charge in [0, 0.05) is 17.1 Å². The van der Waals surface area contributed by atoms with Crippen molar-refractivity contribution in [2.75, 3.05) is 6.61 Å². The molecule has 2 aromatic rings. The van der Waals surface area contributed by atoms with Gasteiger partial charge in [0.05, 0.1) is 5.02 Å². The minimum Gasteiger partial charge on any atom is -0.482 e. The monoisotopic (exact) mass is 506 g/mol. The zero-order chi connectivity index (χ0) is 22.2. The average molecular weight is 508 g/mol. The fourth-order valence-corrected chi connectivity index (χ4v) is 4.40. The van der Waals surface area contributed by atoms with Crippen molar-refractivity contribution in [3.63, 3.8) is 0 Å². The van der Waals surface area contributed by atoms with Crippen LogP contribution in [0.15, 0.2) is 53.0 Å². The Hall–Kier alpha value is -2.05. The Morgan fingerprint density at radius 2 is 1.90 bits per heavy atom. The molecule has 0 heterocycles. The Morgan fingerprint density at radius 1 is 1.16 bits per heavy atom. The van der Waals surface area contributed by atoms with Gasteiger partial charge in [-0.05, 0) is 49.6 Å². The van der Waals surface area contributed by atoms with Crippen molar-refractivity contribution in [2.45, 2.75) is 57.7 Å². The molecule has 0 saturated heterocycles. The van der Waals surface area contributed by atoms with E-state index < -0.39 is 6.04 Å². The largest absolute Gasteiger partial charge is 0.482 e. The maximum Gasteiger partial charge on any atom is 0.261 e. The maximum absolute atomic E-state index is 13.1. The van der Waals surface area contributed by atoms with Crippen molar-refractivity contribution in [2.24, 2.45) is 0 Å². The summed E-state index contributed by atoms with van der Waals surface area (Å²) < 4.78 is 6.58. The van der Waals surface area contributed by atoms with Crippen LogP contribution in [0.2, 0.25) is 5.02 Å². The fourth-order valence-electron chi connectivity index (χ4n) is 3.77. The first-order valence-corrected chi connectivity index (χ1v) is 11.8. The topological polar surface area (TPSA) is 58.6 Å². The highest BCUT2D eigenvalue weighted by atomic mass is 79.9. The van der Waals surface area contributed by atoms with Gasteiger partial charge in [0.15, 0.2) is 6.61 Å². The van der Waals surface area contributed by atoms with E-state index in [0.717, 1.165) is 35.7 Å². The Labute approximate surface area is 197 Å². The summed E-state index contributed by atoms with van der Waals surface area (Å²) in [5, 5.41) is 3.57. The summed E-state index contributed by atoms with van der Waals surface area (Å²) in [4.78, 5) is 27.7. The molecule has 31 heavy (non-hydrogen) atoms. The van der Waals surface area contributed by atoms with Crippen molar-refractivity contribution in [1.82, 2.24) is 10.2 Å². The van der Waals surface area contributed by atoms with Crippen molar-refractivity contribution < 1.29 is 14.3 Å². The minimum atomic E-state index is -0.622. The van der Waals surface area contributed by atoms with Gasteiger partial charge in [0.2, 0.25) is 5.91 Å². The molecule has 0 bridgehead atoms. The van der Waals surface area contributed by atoms with Crippen molar-refractivity contribution in [1.29, 1.82) is 0 Å². The predicted octanol–water partition coefficient (Wildman–Crippen LogP) is 5.35. The molecule has 1 saturated carbocycles. The third-order valence-electron chi connectivity index (χ3n) is 5.55. The summed E-state index contributed by atoms with van der Waals surface area (Å²) >= 11 is 9.60. The molecule has 5 nitrogen and oxygen atoms in total. The number of benzene rings is 2. The van der Waals surface area contributed by atoms with Crippen LogP contribution in [0.5, 0.6) is 5.75 Å². The van der Waals surface area contributed by atoms with Crippen molar-refractivity contribution in [3.8, 4) is 5.75 Å². The van der Waals surface area contributed by atoms with Crippen LogP contribution in [-0.2, 0) is 16.1 Å². The highest BCUT2D eigenvalue weighted by Crippen LogP contribution is 2.23. The number of hydrogen-bond donors (Lipinski definition) is 1. The number of para-hydroxylation sites is 1. The molecule has 3 rings (SSSR count). The summed E-state index contributed by atoms with van der Waals surface area (Å²) in [6.07, 6.45) is 5.47. The number of carbonyl (C=O) groups is 2. The lowest BCUT2D eigenvalue weighted by Gasteiger charge is -2.31. The van der Waals surface area contributed by atoms with Gasteiger partial charge in [-0.15, -0.1) is 0 Å². The number of ether oxygens (including phenoxy) is 1. The second-order valence-corrected chi connectivity index (χ2v) is 9.21. The lowest BCUT2D eigenvalue weighted by molar-refractivity contribution is -0.142. The maximum atomic E-state index is 13.1. The molecule has 0 spiro atoms. The number of nitrogens with zero attached hydrogens (tertiary/aromatic N) is 1. The minimum absolute atomic E-state index is 0.131. The molecule has 0 unspecified atom stereocenters. The summed E-state index contributed by atoms with van der Waals surface area (Å²) in [6.45, 7) is 1.88. The Kier molecular flexibility index (Phi) is 8.79. The van der Waals surface area contributed by atoms with Gasteiger partial charge in [-0.25, -0.2) is 0 Å². The molecular formula is C24H28BrClN2O3. The number of rotatable bonds is 8. The van der Waals surface area contributed by atoms with E-state index in [1.165, 1.54) is 6.42 Å². The molecule has 1 aliphatic carbocycles. The molecule has 0 aliphatic heterocycles. The third kappa shape index (κ3) is 6.97. The first kappa shape index (κ1) is 23.6. The Morgan fingerprint density at radius 3 is 2.61 bits per heavy atom. The Balaban J connectivity index is 1.71. The third-order valence-corrected chi connectivity index (χ3v) is 6.35. The second kappa shape index (κ2) is 11.5. The molecule has 2 amide bonds. The lowest BCUT2D eigenvalue weighted by atomic mass is 9.95. The number of nitrogens with one attached hydrogen (secondary N) is 1. The van der Waals surface area contributed by atoms with Crippen LogP contribution in [0.3, 0.4) is 0 Å². The number of halogens is 2. The van der Waals surface area contributed by atoms with Crippen LogP contribution < -0.4 is 10.1 Å². The van der Waals surface area contributed by atoms with E-state index >= 15 is 0 Å². The molecule has 0 radical (unpaired) electrons. The van der Waals surface area contributed by atoms with Crippen LogP contribution in [-0.4, -0.2) is 35.4 Å². The first-order chi connectivity index (χ1) is 14.9. The fraction of sp³-hybridized carbons (Fsp3) is 0.417. The molecule has 166 valence electrons. The zero-order valence-corrected chi connectivity index (χ0v) is 20.0. The normalized spacial score (nSPS) is 15.2. The number of hydrogen-bond acceptors (Lipinski definition) is 3. The van der Waals surface area contributed by atoms with Crippen molar-refractivity contribution >= 4 is 39.3 Å². The van der Waals surface area contributed by atoms with Crippen LogP contribution in [0, 0.1) is 0 Å². The molecular weight excluding hydrogens is 480 g/mol. The van der Waals surface area contributed by atoms with Gasteiger partial charge in [-0.2, -0.15) is 0 Å². The van der Waals surface area contributed by atoms with Gasteiger partial charge in [-0.3, -0.25) is 9.59 Å². The highest BCUT2D eigenvalue weighted by molar-refractivity contribution is 9.10. The summed E-state index contributed by atoms with van der Waals surface area (Å²) in [5.74, 6) is 0.0402. The quantitative estimate of drug-likeness (QED) is 0.524. The van der Waals surface area contributed by atoms with Gasteiger partial charge >= 0.3 is 0 Å². The summed E-state index contributed by atoms with van der Waals surface area (Å²) in [5.41, 5.74) is 0.929. The SMILES string of the molecule is C[C@H](C(=O)NC1CCCCC1)N(Cc1cccc(Br)c1)C(=O)COc1ccccc1Cl. The van der Waals surface area contributed by atoms with Crippen LogP contribution >= 0.6 is 27.5 Å². The van der Waals surface area contributed by atoms with Crippen LogP contribution in [0.25, 0.3) is 0 Å². The molecule has 0 aromatic heterocycles. The highest BCUT2D eigenvalue weighted by Gasteiger charge is 2.28. The summed E-state index contributed by atoms with van der Waals surface area (Å²) in [6, 6.07) is 14.3. The van der Waals surface area contributed by atoms with Crippen LogP contribution in [0.1, 0.15) is 44.6 Å². The molecule has 7 heteroatoms. The molecule has 1 N–H and O–H groups in total.